The number of hydrogen-bond acceptors (Lipinski definition) is 2. The molecule has 2 aliphatic rings. The van der Waals surface area contributed by atoms with Crippen LogP contribution in [0.3, 0.4) is 0 Å². The maximum Gasteiger partial charge on any atom is 0.0302 e. The molecule has 21 heavy (non-hydrogen) atoms. The third-order valence-electron chi connectivity index (χ3n) is 6.11. The van der Waals surface area contributed by atoms with Gasteiger partial charge in [-0.15, -0.1) is 11.3 Å². The minimum Gasteiger partial charge on any atom is -0.309 e. The lowest BCUT2D eigenvalue weighted by molar-refractivity contribution is 0.137. The Labute approximate surface area is 134 Å². The maximum atomic E-state index is 3.83. The molecular formula is C19H31NS. The molecule has 0 atom stereocenters. The molecule has 0 amide bonds. The van der Waals surface area contributed by atoms with Crippen molar-refractivity contribution in [3.05, 3.63) is 21.4 Å². The van der Waals surface area contributed by atoms with Gasteiger partial charge in [-0.25, -0.2) is 0 Å². The van der Waals surface area contributed by atoms with Crippen LogP contribution in [0.15, 0.2) is 6.07 Å². The summed E-state index contributed by atoms with van der Waals surface area (Å²) in [5, 5.41) is 3.83. The molecule has 0 aromatic carbocycles. The molecule has 118 valence electrons. The Hall–Kier alpha value is -0.340. The summed E-state index contributed by atoms with van der Waals surface area (Å²) < 4.78 is 0. The third-order valence-corrected chi connectivity index (χ3v) is 7.34. The van der Waals surface area contributed by atoms with Gasteiger partial charge in [-0.3, -0.25) is 0 Å². The molecule has 1 N–H and O–H groups in total. The Kier molecular flexibility index (Phi) is 4.75. The maximum absolute atomic E-state index is 3.83. The Bertz CT molecular complexity index is 444. The second kappa shape index (κ2) is 6.42. The molecule has 1 nitrogen and oxygen atoms in total. The Morgan fingerprint density at radius 2 is 1.95 bits per heavy atom. The number of rotatable bonds is 5. The van der Waals surface area contributed by atoms with Crippen LogP contribution >= 0.6 is 11.3 Å². The van der Waals surface area contributed by atoms with Gasteiger partial charge in [-0.2, -0.15) is 0 Å². The van der Waals surface area contributed by atoms with E-state index in [-0.39, 0.29) is 0 Å². The van der Waals surface area contributed by atoms with Gasteiger partial charge < -0.3 is 5.32 Å². The predicted octanol–water partition coefficient (Wildman–Crippen LogP) is 5.32. The molecule has 1 fully saturated rings. The summed E-state index contributed by atoms with van der Waals surface area (Å²) in [4.78, 5) is 3.23. The second-order valence-electron chi connectivity index (χ2n) is 7.79. The molecule has 0 unspecified atom stereocenters. The van der Waals surface area contributed by atoms with Crippen LogP contribution in [0.25, 0.3) is 0 Å². The highest BCUT2D eigenvalue weighted by atomic mass is 32.1. The van der Waals surface area contributed by atoms with Crippen LogP contribution in [-0.2, 0) is 19.4 Å². The van der Waals surface area contributed by atoms with Gasteiger partial charge >= 0.3 is 0 Å². The van der Waals surface area contributed by atoms with Gasteiger partial charge in [0.15, 0.2) is 0 Å². The monoisotopic (exact) mass is 305 g/mol. The van der Waals surface area contributed by atoms with Gasteiger partial charge in [-0.1, -0.05) is 27.2 Å². The first kappa shape index (κ1) is 15.6. The van der Waals surface area contributed by atoms with Crippen LogP contribution in [0.1, 0.15) is 74.6 Å². The van der Waals surface area contributed by atoms with Crippen molar-refractivity contribution in [2.45, 2.75) is 84.7 Å². The largest absolute Gasteiger partial charge is 0.309 e. The number of aryl methyl sites for hydroxylation is 2. The summed E-state index contributed by atoms with van der Waals surface area (Å²) in [7, 11) is 0. The molecular weight excluding hydrogens is 274 g/mol. The van der Waals surface area contributed by atoms with Crippen molar-refractivity contribution in [2.24, 2.45) is 11.3 Å². The summed E-state index contributed by atoms with van der Waals surface area (Å²) in [6.07, 6.45) is 10.9. The van der Waals surface area contributed by atoms with Gasteiger partial charge in [0.05, 0.1) is 0 Å². The molecule has 0 saturated heterocycles. The van der Waals surface area contributed by atoms with E-state index >= 15 is 0 Å². The van der Waals surface area contributed by atoms with E-state index in [0.29, 0.717) is 5.41 Å². The molecule has 0 bridgehead atoms. The van der Waals surface area contributed by atoms with Gasteiger partial charge in [0, 0.05) is 22.3 Å². The van der Waals surface area contributed by atoms with Crippen LogP contribution in [0, 0.1) is 11.3 Å². The first-order valence-electron chi connectivity index (χ1n) is 8.92. The molecule has 3 rings (SSSR count). The zero-order valence-corrected chi connectivity index (χ0v) is 14.8. The highest BCUT2D eigenvalue weighted by Gasteiger charge is 2.31. The average Bonchev–Trinajstić information content (AvgIpc) is 3.06. The first-order chi connectivity index (χ1) is 10.1. The molecule has 2 heteroatoms. The highest BCUT2D eigenvalue weighted by Crippen LogP contribution is 2.40. The molecule has 1 aromatic rings. The zero-order chi connectivity index (χ0) is 14.9. The Balaban J connectivity index is 1.45. The second-order valence-corrected chi connectivity index (χ2v) is 9.01. The number of nitrogens with one attached hydrogen (secondary N) is 1. The lowest BCUT2D eigenvalue weighted by Gasteiger charge is -2.39. The number of thiophene rings is 1. The highest BCUT2D eigenvalue weighted by molar-refractivity contribution is 7.12. The number of hydrogen-bond donors (Lipinski definition) is 1. The quantitative estimate of drug-likeness (QED) is 0.776. The van der Waals surface area contributed by atoms with E-state index in [1.165, 1.54) is 51.4 Å². The molecule has 2 aliphatic carbocycles. The smallest absolute Gasteiger partial charge is 0.0302 e. The topological polar surface area (TPSA) is 12.0 Å². The van der Waals surface area contributed by atoms with E-state index < -0.39 is 0 Å². The van der Waals surface area contributed by atoms with Gasteiger partial charge in [-0.05, 0) is 67.9 Å². The van der Waals surface area contributed by atoms with Crippen LogP contribution in [0.5, 0.6) is 0 Å². The summed E-state index contributed by atoms with van der Waals surface area (Å²) >= 11 is 2.06. The summed E-state index contributed by atoms with van der Waals surface area (Å²) in [5.74, 6) is 0.936. The van der Waals surface area contributed by atoms with Gasteiger partial charge in [0.1, 0.15) is 0 Å². The predicted molar refractivity (Wildman–Crippen MR) is 93.0 cm³/mol. The van der Waals surface area contributed by atoms with E-state index in [1.807, 2.05) is 0 Å². The standard InChI is InChI=1S/C19H31NS/c1-4-19(2,3)15-8-10-16(11-9-15)20-13-17-12-14-6-5-7-18(14)21-17/h12,15-16,20H,4-11,13H2,1-3H3. The zero-order valence-electron chi connectivity index (χ0n) is 14.0. The third kappa shape index (κ3) is 3.53. The average molecular weight is 306 g/mol. The summed E-state index contributed by atoms with van der Waals surface area (Å²) in [5.41, 5.74) is 2.18. The molecule has 0 radical (unpaired) electrons. The molecule has 1 heterocycles. The fourth-order valence-electron chi connectivity index (χ4n) is 4.09. The molecule has 0 spiro atoms. The Morgan fingerprint density at radius 1 is 1.19 bits per heavy atom. The van der Waals surface area contributed by atoms with Crippen molar-refractivity contribution < 1.29 is 0 Å². The fraction of sp³-hybridized carbons (Fsp3) is 0.789. The van der Waals surface area contributed by atoms with Crippen molar-refractivity contribution in [1.29, 1.82) is 0 Å². The van der Waals surface area contributed by atoms with E-state index in [2.05, 4.69) is 43.5 Å². The van der Waals surface area contributed by atoms with E-state index in [0.717, 1.165) is 18.5 Å². The Morgan fingerprint density at radius 3 is 2.62 bits per heavy atom. The van der Waals surface area contributed by atoms with E-state index in [9.17, 15) is 0 Å². The SMILES string of the molecule is CCC(C)(C)C1CCC(NCc2cc3c(s2)CCC3)CC1. The minimum atomic E-state index is 0.541. The summed E-state index contributed by atoms with van der Waals surface area (Å²) in [6.45, 7) is 8.36. The lowest BCUT2D eigenvalue weighted by atomic mass is 9.69. The van der Waals surface area contributed by atoms with Crippen molar-refractivity contribution in [2.75, 3.05) is 0 Å². The van der Waals surface area contributed by atoms with Crippen LogP contribution in [0.4, 0.5) is 0 Å². The van der Waals surface area contributed by atoms with Crippen LogP contribution in [0.2, 0.25) is 0 Å². The van der Waals surface area contributed by atoms with Gasteiger partial charge in [0.2, 0.25) is 0 Å². The van der Waals surface area contributed by atoms with Crippen molar-refractivity contribution in [3.63, 3.8) is 0 Å². The number of fused-ring (bicyclic) bond motifs is 1. The summed E-state index contributed by atoms with van der Waals surface area (Å²) in [6, 6.07) is 3.22. The fourth-order valence-corrected chi connectivity index (χ4v) is 5.30. The van der Waals surface area contributed by atoms with E-state index in [4.69, 9.17) is 0 Å². The van der Waals surface area contributed by atoms with Gasteiger partial charge in [0.25, 0.3) is 0 Å². The lowest BCUT2D eigenvalue weighted by Crippen LogP contribution is -2.36. The van der Waals surface area contributed by atoms with Crippen molar-refractivity contribution in [3.8, 4) is 0 Å². The van der Waals surface area contributed by atoms with Crippen molar-refractivity contribution in [1.82, 2.24) is 5.32 Å². The normalized spacial score (nSPS) is 26.0. The van der Waals surface area contributed by atoms with Crippen molar-refractivity contribution >= 4 is 11.3 Å². The molecule has 0 aliphatic heterocycles. The molecule has 1 aromatic heterocycles. The van der Waals surface area contributed by atoms with Crippen LogP contribution < -0.4 is 5.32 Å². The van der Waals surface area contributed by atoms with Crippen LogP contribution in [-0.4, -0.2) is 6.04 Å². The van der Waals surface area contributed by atoms with E-state index in [1.54, 1.807) is 15.3 Å². The first-order valence-corrected chi connectivity index (χ1v) is 9.74. The molecule has 1 saturated carbocycles. The minimum absolute atomic E-state index is 0.541.